The Bertz CT molecular complexity index is 1810. The molecule has 4 rings (SSSR count). The topological polar surface area (TPSA) is 236 Å². The molecule has 1 aromatic heterocycles. The number of rotatable bonds is 6. The number of fused-ring (bicyclic) bond motifs is 1. The summed E-state index contributed by atoms with van der Waals surface area (Å²) < 4.78 is 69.5. The molecule has 0 bridgehead atoms. The second-order valence-corrected chi connectivity index (χ2v) is 10.6. The van der Waals surface area contributed by atoms with Crippen LogP contribution >= 0.6 is 23.2 Å². The van der Waals surface area contributed by atoms with Crippen LogP contribution < -0.4 is 70.2 Å². The van der Waals surface area contributed by atoms with Gasteiger partial charge in [0.1, 0.15) is 37.4 Å². The molecule has 20 heteroatoms. The van der Waals surface area contributed by atoms with Crippen molar-refractivity contribution < 1.29 is 90.2 Å². The van der Waals surface area contributed by atoms with Gasteiger partial charge in [0, 0.05) is 5.69 Å². The maximum atomic E-state index is 11.8. The number of hydrogen-bond donors (Lipinski definition) is 3. The van der Waals surface area contributed by atoms with Crippen molar-refractivity contribution in [1.29, 1.82) is 0 Å². The molecular weight excluding hydrogens is 619 g/mol. The zero-order valence-electron chi connectivity index (χ0n) is 19.8. The average molecular weight is 630 g/mol. The fraction of sp³-hybridized carbons (Fsp3) is 0. The molecule has 192 valence electrons. The first-order valence-corrected chi connectivity index (χ1v) is 13.2. The molecule has 1 heterocycles. The second-order valence-electron chi connectivity index (χ2n) is 7.16. The summed E-state index contributed by atoms with van der Waals surface area (Å²) in [5.74, 6) is -0.748. The Morgan fingerprint density at radius 3 is 2.10 bits per heavy atom. The van der Waals surface area contributed by atoms with Crippen molar-refractivity contribution in [3.8, 4) is 5.75 Å². The molecule has 0 atom stereocenters. The summed E-state index contributed by atoms with van der Waals surface area (Å²) in [4.78, 5) is 9.78. The summed E-state index contributed by atoms with van der Waals surface area (Å²) in [7, 11) is -9.91. The fourth-order valence-electron chi connectivity index (χ4n) is 3.17. The molecule has 0 saturated carbocycles. The molecule has 0 aliphatic carbocycles. The molecule has 0 fully saturated rings. The normalized spacial score (nSPS) is 11.7. The second kappa shape index (κ2) is 12.9. The van der Waals surface area contributed by atoms with Crippen LogP contribution in [0, 0.1) is 0 Å². The predicted octanol–water partition coefficient (Wildman–Crippen LogP) is -2.41. The van der Waals surface area contributed by atoms with Gasteiger partial charge >= 0.3 is 59.1 Å². The van der Waals surface area contributed by atoms with E-state index in [4.69, 9.17) is 28.9 Å². The first-order chi connectivity index (χ1) is 17.2. The van der Waals surface area contributed by atoms with Gasteiger partial charge in [-0.2, -0.15) is 15.0 Å². The zero-order chi connectivity index (χ0) is 27.1. The number of benzene rings is 3. The molecule has 0 radical (unpaired) electrons. The zero-order valence-corrected chi connectivity index (χ0v) is 27.0. The monoisotopic (exact) mass is 629 g/mol. The number of phenolic OH excluding ortho intramolecular Hbond substituents is 1. The summed E-state index contributed by atoms with van der Waals surface area (Å²) in [5, 5.41) is 20.4. The molecule has 3 aromatic carbocycles. The van der Waals surface area contributed by atoms with E-state index < -0.39 is 41.5 Å². The van der Waals surface area contributed by atoms with Crippen molar-refractivity contribution in [1.82, 2.24) is 15.0 Å². The summed E-state index contributed by atoms with van der Waals surface area (Å²) in [6.45, 7) is 0. The first kappa shape index (κ1) is 33.5. The minimum absolute atomic E-state index is 0. The molecule has 4 aromatic rings. The van der Waals surface area contributed by atoms with Gasteiger partial charge in [0.05, 0.1) is 20.9 Å². The van der Waals surface area contributed by atoms with Gasteiger partial charge in [-0.3, -0.25) is 0 Å². The van der Waals surface area contributed by atoms with Crippen LogP contribution in [0.15, 0.2) is 62.5 Å². The smallest absolute Gasteiger partial charge is 0.744 e. The third-order valence-electron chi connectivity index (χ3n) is 4.69. The molecule has 39 heavy (non-hydrogen) atoms. The average Bonchev–Trinajstić information content (AvgIpc) is 2.76. The summed E-state index contributed by atoms with van der Waals surface area (Å²) in [6.07, 6.45) is 0. The van der Waals surface area contributed by atoms with E-state index in [0.29, 0.717) is 6.07 Å². The summed E-state index contributed by atoms with van der Waals surface area (Å²) in [5.41, 5.74) is 5.44. The van der Waals surface area contributed by atoms with E-state index in [1.807, 2.05) is 0 Å². The van der Waals surface area contributed by atoms with E-state index in [0.717, 1.165) is 18.2 Å². The van der Waals surface area contributed by atoms with Crippen molar-refractivity contribution in [3.05, 3.63) is 53.0 Å². The Morgan fingerprint density at radius 1 is 0.872 bits per heavy atom. The maximum absolute atomic E-state index is 11.8. The van der Waals surface area contributed by atoms with Gasteiger partial charge in [-0.05, 0) is 65.0 Å². The van der Waals surface area contributed by atoms with Gasteiger partial charge in [0.2, 0.25) is 16.5 Å². The molecule has 14 nitrogen and oxygen atoms in total. The van der Waals surface area contributed by atoms with Crippen LogP contribution in [0.3, 0.4) is 0 Å². The van der Waals surface area contributed by atoms with E-state index in [9.17, 15) is 31.0 Å². The molecule has 0 aliphatic heterocycles. The van der Waals surface area contributed by atoms with Crippen LogP contribution in [-0.2, 0) is 20.2 Å². The Kier molecular flexibility index (Phi) is 11.1. The number of nitrogens with zero attached hydrogens (tertiary/aromatic N) is 5. The molecule has 4 N–H and O–H groups in total. The van der Waals surface area contributed by atoms with E-state index in [-0.39, 0.29) is 103 Å². The number of aromatic hydroxyl groups is 1. The summed E-state index contributed by atoms with van der Waals surface area (Å²) in [6, 6.07) is 7.65. The molecule has 0 amide bonds. The van der Waals surface area contributed by atoms with E-state index in [1.54, 1.807) is 0 Å². The summed E-state index contributed by atoms with van der Waals surface area (Å²) >= 11 is 11.5. The van der Waals surface area contributed by atoms with Crippen LogP contribution in [-0.4, -0.2) is 46.0 Å². The number of anilines is 3. The Morgan fingerprint density at radius 2 is 1.51 bits per heavy atom. The van der Waals surface area contributed by atoms with Gasteiger partial charge in [-0.25, -0.2) is 16.8 Å². The van der Waals surface area contributed by atoms with Crippen LogP contribution in [0.25, 0.3) is 10.8 Å². The van der Waals surface area contributed by atoms with Crippen molar-refractivity contribution in [2.24, 2.45) is 10.2 Å². The van der Waals surface area contributed by atoms with E-state index in [1.165, 1.54) is 18.2 Å². The maximum Gasteiger partial charge on any atom is 1.00 e. The standard InChI is InChI=1S/C19H13Cl2N7O7S2.2Na/c20-17-24-18(21)26-19(25-17)23-9-2-4-14(37(33,34)35)12(6-9)27-28-16-11(22)3-1-8-5-10(36(30,31)32)7-13(29)15(8)16;;/h1-7,29H,22H2,(H,30,31,32)(H,33,34,35)(H,23,24,25,26);;/q;2*+1/p-2. The molecule has 0 unspecified atom stereocenters. The minimum atomic E-state index is -5.02. The van der Waals surface area contributed by atoms with Crippen molar-refractivity contribution in [2.75, 3.05) is 11.1 Å². The van der Waals surface area contributed by atoms with E-state index >= 15 is 0 Å². The number of aromatic nitrogens is 3. The number of phenols is 1. The number of azo groups is 1. The number of nitrogens with one attached hydrogen (secondary N) is 1. The molecule has 0 saturated heterocycles. The van der Waals surface area contributed by atoms with Crippen molar-refractivity contribution >= 4 is 82.9 Å². The largest absolute Gasteiger partial charge is 1.00 e. The molecule has 0 aliphatic rings. The van der Waals surface area contributed by atoms with Crippen LogP contribution in [0.1, 0.15) is 0 Å². The van der Waals surface area contributed by atoms with Crippen LogP contribution in [0.4, 0.5) is 28.7 Å². The molecular formula is C19H11Cl2N7Na2O7S2. The van der Waals surface area contributed by atoms with Gasteiger partial charge in [0.15, 0.2) is 0 Å². The van der Waals surface area contributed by atoms with Gasteiger partial charge in [-0.1, -0.05) is 6.07 Å². The first-order valence-electron chi connectivity index (χ1n) is 9.59. The van der Waals surface area contributed by atoms with Gasteiger partial charge < -0.3 is 25.3 Å². The quantitative estimate of drug-likeness (QED) is 0.0875. The van der Waals surface area contributed by atoms with Crippen LogP contribution in [0.2, 0.25) is 10.6 Å². The van der Waals surface area contributed by atoms with E-state index in [2.05, 4.69) is 30.5 Å². The SMILES string of the molecule is Nc1ccc2cc(S(=O)(=O)[O-])cc(O)c2c1N=Nc1cc(Nc2nc(Cl)nc(Cl)n2)ccc1S(=O)(=O)[O-].[Na+].[Na+]. The predicted molar refractivity (Wildman–Crippen MR) is 130 cm³/mol. The Balaban J connectivity index is 0.00000267. The van der Waals surface area contributed by atoms with Gasteiger partial charge in [-0.15, -0.1) is 10.2 Å². The third kappa shape index (κ3) is 7.96. The Labute approximate surface area is 275 Å². The van der Waals surface area contributed by atoms with Gasteiger partial charge in [0.25, 0.3) is 0 Å². The molecule has 0 spiro atoms. The number of halogens is 2. The Hall–Kier alpha value is -1.67. The minimum Gasteiger partial charge on any atom is -0.744 e. The number of nitrogen functional groups attached to an aromatic ring is 1. The third-order valence-corrected chi connectivity index (χ3v) is 6.72. The van der Waals surface area contributed by atoms with Crippen molar-refractivity contribution in [2.45, 2.75) is 9.79 Å². The number of hydrogen-bond acceptors (Lipinski definition) is 14. The van der Waals surface area contributed by atoms with Crippen LogP contribution in [0.5, 0.6) is 5.75 Å². The van der Waals surface area contributed by atoms with Crippen molar-refractivity contribution in [3.63, 3.8) is 0 Å². The fourth-order valence-corrected chi connectivity index (χ4v) is 4.65. The number of nitrogens with two attached hydrogens (primary N) is 1.